The van der Waals surface area contributed by atoms with Gasteiger partial charge in [0.25, 0.3) is 0 Å². The summed E-state index contributed by atoms with van der Waals surface area (Å²) in [5.74, 6) is 1.96. The lowest BCUT2D eigenvalue weighted by molar-refractivity contribution is 0.329. The van der Waals surface area contributed by atoms with E-state index >= 15 is 0 Å². The zero-order valence-electron chi connectivity index (χ0n) is 15.8. The van der Waals surface area contributed by atoms with Crippen molar-refractivity contribution in [2.75, 3.05) is 0 Å². The monoisotopic (exact) mass is 296 g/mol. The van der Waals surface area contributed by atoms with Gasteiger partial charge in [-0.05, 0) is 18.3 Å². The molecule has 0 aliphatic heterocycles. The van der Waals surface area contributed by atoms with Crippen molar-refractivity contribution in [3.63, 3.8) is 0 Å². The predicted octanol–water partition coefficient (Wildman–Crippen LogP) is 8.15. The summed E-state index contributed by atoms with van der Waals surface area (Å²) in [6, 6.07) is 0. The van der Waals surface area contributed by atoms with Gasteiger partial charge in [-0.25, -0.2) is 0 Å². The molecule has 0 aliphatic rings. The molecule has 0 heterocycles. The van der Waals surface area contributed by atoms with Crippen LogP contribution in [0.1, 0.15) is 124 Å². The Balaban J connectivity index is 3.52. The quantitative estimate of drug-likeness (QED) is 0.252. The van der Waals surface area contributed by atoms with Crippen LogP contribution in [0.4, 0.5) is 0 Å². The molecule has 2 unspecified atom stereocenters. The lowest BCUT2D eigenvalue weighted by atomic mass is 9.86. The van der Waals surface area contributed by atoms with Crippen molar-refractivity contribution in [1.29, 1.82) is 0 Å². The Morgan fingerprint density at radius 1 is 0.571 bits per heavy atom. The molecule has 0 amide bonds. The Kier molecular flexibility index (Phi) is 16.4. The van der Waals surface area contributed by atoms with E-state index in [0.29, 0.717) is 0 Å². The van der Waals surface area contributed by atoms with Crippen LogP contribution in [0.15, 0.2) is 0 Å². The molecule has 0 radical (unpaired) electrons. The average molecular weight is 297 g/mol. The number of hydrogen-bond acceptors (Lipinski definition) is 0. The van der Waals surface area contributed by atoms with Crippen molar-refractivity contribution in [3.05, 3.63) is 0 Å². The first-order valence-corrected chi connectivity index (χ1v) is 10.2. The molecule has 0 saturated heterocycles. The fourth-order valence-electron chi connectivity index (χ4n) is 3.49. The molecule has 2 atom stereocenters. The van der Waals surface area contributed by atoms with E-state index in [2.05, 4.69) is 27.7 Å². The van der Waals surface area contributed by atoms with Gasteiger partial charge < -0.3 is 0 Å². The molecule has 0 rings (SSSR count). The molecule has 21 heavy (non-hydrogen) atoms. The molecule has 0 spiro atoms. The van der Waals surface area contributed by atoms with Crippen LogP contribution in [0, 0.1) is 11.8 Å². The van der Waals surface area contributed by atoms with Gasteiger partial charge in [0.15, 0.2) is 0 Å². The molecule has 0 aromatic rings. The van der Waals surface area contributed by atoms with E-state index in [-0.39, 0.29) is 0 Å². The smallest absolute Gasteiger partial charge is 0.0414 e. The van der Waals surface area contributed by atoms with E-state index < -0.39 is 0 Å². The topological polar surface area (TPSA) is 0 Å². The van der Waals surface area contributed by atoms with Crippen LogP contribution >= 0.6 is 0 Å². The first-order valence-electron chi connectivity index (χ1n) is 10.2. The van der Waals surface area contributed by atoms with Crippen LogP contribution in [-0.4, -0.2) is 0 Å². The van der Waals surface area contributed by atoms with E-state index in [0.717, 1.165) is 11.8 Å². The van der Waals surface area contributed by atoms with Gasteiger partial charge in [-0.1, -0.05) is 118 Å². The molecule has 0 aromatic carbocycles. The maximum atomic E-state index is 2.49. The molecule has 0 bridgehead atoms. The van der Waals surface area contributed by atoms with Crippen molar-refractivity contribution >= 4 is 0 Å². The number of rotatable bonds is 16. The van der Waals surface area contributed by atoms with Gasteiger partial charge in [-0.3, -0.25) is 0 Å². The first-order chi connectivity index (χ1) is 10.2. The molecule has 0 aromatic heterocycles. The SMILES string of the molecule is CCCCCCCCC(C)CC(CC)CCCCCCC. The molecule has 0 saturated carbocycles. The summed E-state index contributed by atoms with van der Waals surface area (Å²) >= 11 is 0. The molecule has 0 aliphatic carbocycles. The second-order valence-electron chi connectivity index (χ2n) is 7.37. The second kappa shape index (κ2) is 16.4. The van der Waals surface area contributed by atoms with Crippen molar-refractivity contribution in [2.24, 2.45) is 11.8 Å². The van der Waals surface area contributed by atoms with Gasteiger partial charge in [0, 0.05) is 0 Å². The predicted molar refractivity (Wildman–Crippen MR) is 98.9 cm³/mol. The van der Waals surface area contributed by atoms with Crippen LogP contribution in [0.3, 0.4) is 0 Å². The maximum Gasteiger partial charge on any atom is -0.0414 e. The van der Waals surface area contributed by atoms with Crippen LogP contribution in [0.25, 0.3) is 0 Å². The summed E-state index contributed by atoms with van der Waals surface area (Å²) in [5, 5.41) is 0. The Bertz CT molecular complexity index is 184. The van der Waals surface area contributed by atoms with E-state index in [1.807, 2.05) is 0 Å². The highest BCUT2D eigenvalue weighted by Gasteiger charge is 2.11. The minimum atomic E-state index is 0.955. The summed E-state index contributed by atoms with van der Waals surface area (Å²) in [6.07, 6.45) is 21.7. The Labute approximate surface area is 136 Å². The third-order valence-electron chi connectivity index (χ3n) is 5.08. The van der Waals surface area contributed by atoms with Gasteiger partial charge in [-0.15, -0.1) is 0 Å². The van der Waals surface area contributed by atoms with Crippen LogP contribution < -0.4 is 0 Å². The molecule has 128 valence electrons. The van der Waals surface area contributed by atoms with Gasteiger partial charge in [-0.2, -0.15) is 0 Å². The van der Waals surface area contributed by atoms with Crippen LogP contribution in [-0.2, 0) is 0 Å². The van der Waals surface area contributed by atoms with Crippen molar-refractivity contribution in [2.45, 2.75) is 124 Å². The largest absolute Gasteiger partial charge is 0.0654 e. The van der Waals surface area contributed by atoms with Crippen molar-refractivity contribution in [3.8, 4) is 0 Å². The maximum absolute atomic E-state index is 2.49. The Hall–Kier alpha value is 0. The van der Waals surface area contributed by atoms with Crippen molar-refractivity contribution < 1.29 is 0 Å². The lowest BCUT2D eigenvalue weighted by Crippen LogP contribution is -2.06. The summed E-state index contributed by atoms with van der Waals surface area (Å²) in [4.78, 5) is 0. The zero-order valence-corrected chi connectivity index (χ0v) is 15.8. The minimum Gasteiger partial charge on any atom is -0.0654 e. The number of unbranched alkanes of at least 4 members (excludes halogenated alkanes) is 9. The zero-order chi connectivity index (χ0) is 15.8. The van der Waals surface area contributed by atoms with E-state index in [4.69, 9.17) is 0 Å². The Morgan fingerprint density at radius 2 is 1.05 bits per heavy atom. The van der Waals surface area contributed by atoms with Gasteiger partial charge in [0.2, 0.25) is 0 Å². The third-order valence-corrected chi connectivity index (χ3v) is 5.08. The fraction of sp³-hybridized carbons (Fsp3) is 1.00. The van der Waals surface area contributed by atoms with E-state index in [9.17, 15) is 0 Å². The van der Waals surface area contributed by atoms with Crippen LogP contribution in [0.2, 0.25) is 0 Å². The lowest BCUT2D eigenvalue weighted by Gasteiger charge is -2.19. The summed E-state index contributed by atoms with van der Waals surface area (Å²) < 4.78 is 0. The first kappa shape index (κ1) is 21.0. The summed E-state index contributed by atoms with van der Waals surface area (Å²) in [7, 11) is 0. The molecule has 0 fully saturated rings. The highest BCUT2D eigenvalue weighted by Crippen LogP contribution is 2.25. The molecular formula is C21H44. The highest BCUT2D eigenvalue weighted by molar-refractivity contribution is 4.63. The number of hydrogen-bond donors (Lipinski definition) is 0. The van der Waals surface area contributed by atoms with Gasteiger partial charge >= 0.3 is 0 Å². The van der Waals surface area contributed by atoms with Crippen molar-refractivity contribution in [1.82, 2.24) is 0 Å². The second-order valence-corrected chi connectivity index (χ2v) is 7.37. The minimum absolute atomic E-state index is 0.955. The molecule has 0 N–H and O–H groups in total. The van der Waals surface area contributed by atoms with Gasteiger partial charge in [0.05, 0.1) is 0 Å². The molecule has 0 heteroatoms. The van der Waals surface area contributed by atoms with Crippen LogP contribution in [0.5, 0.6) is 0 Å². The normalized spacial score (nSPS) is 14.3. The van der Waals surface area contributed by atoms with E-state index in [1.54, 1.807) is 0 Å². The third kappa shape index (κ3) is 14.7. The average Bonchev–Trinajstić information content (AvgIpc) is 2.49. The molecule has 0 nitrogen and oxygen atoms in total. The fourth-order valence-corrected chi connectivity index (χ4v) is 3.49. The molecular weight excluding hydrogens is 252 g/mol. The summed E-state index contributed by atoms with van der Waals surface area (Å²) in [6.45, 7) is 9.49. The van der Waals surface area contributed by atoms with E-state index in [1.165, 1.54) is 96.3 Å². The Morgan fingerprint density at radius 3 is 1.57 bits per heavy atom. The summed E-state index contributed by atoms with van der Waals surface area (Å²) in [5.41, 5.74) is 0. The standard InChI is InChI=1S/C21H44/c1-5-8-10-12-14-15-17-20(4)19-21(7-3)18-16-13-11-9-6-2/h20-21H,5-19H2,1-4H3. The van der Waals surface area contributed by atoms with Gasteiger partial charge in [0.1, 0.15) is 0 Å². The highest BCUT2D eigenvalue weighted by atomic mass is 14.2.